The average molecular weight is 289 g/mol. The Morgan fingerprint density at radius 1 is 1.21 bits per heavy atom. The van der Waals surface area contributed by atoms with Crippen LogP contribution in [-0.2, 0) is 17.1 Å². The van der Waals surface area contributed by atoms with Crippen LogP contribution in [0, 0.1) is 13.8 Å². The van der Waals surface area contributed by atoms with E-state index < -0.39 is 21.2 Å². The van der Waals surface area contributed by atoms with E-state index >= 15 is 0 Å². The zero-order valence-corrected chi connectivity index (χ0v) is 13.4. The van der Waals surface area contributed by atoms with Gasteiger partial charge in [-0.15, -0.1) is 0 Å². The van der Waals surface area contributed by atoms with Crippen LogP contribution in [0.4, 0.5) is 0 Å². The maximum absolute atomic E-state index is 12.5. The summed E-state index contributed by atoms with van der Waals surface area (Å²) in [4.78, 5) is 0.173. The molecule has 1 aromatic rings. The first-order valence-corrected chi connectivity index (χ1v) is 7.54. The number of rotatable bonds is 4. The highest BCUT2D eigenvalue weighted by Gasteiger charge is 2.40. The molecule has 110 valence electrons. The molecule has 0 spiro atoms. The molecule has 2 N–H and O–H groups in total. The summed E-state index contributed by atoms with van der Waals surface area (Å²) in [6.45, 7) is 9.78. The minimum Gasteiger partial charge on any atom is -0.389 e. The van der Waals surface area contributed by atoms with Crippen molar-refractivity contribution in [1.82, 2.24) is 14.5 Å². The molecule has 1 rings (SSSR count). The van der Waals surface area contributed by atoms with Crippen molar-refractivity contribution < 1.29 is 13.5 Å². The molecular weight excluding hydrogens is 266 g/mol. The molecule has 1 heterocycles. The van der Waals surface area contributed by atoms with Gasteiger partial charge in [-0.1, -0.05) is 0 Å². The summed E-state index contributed by atoms with van der Waals surface area (Å²) in [5.74, 6) is 0. The fourth-order valence-corrected chi connectivity index (χ4v) is 3.63. The van der Waals surface area contributed by atoms with Crippen molar-refractivity contribution in [3.05, 3.63) is 11.4 Å². The van der Waals surface area contributed by atoms with E-state index in [0.717, 1.165) is 0 Å². The number of nitrogens with one attached hydrogen (secondary N) is 1. The van der Waals surface area contributed by atoms with Crippen LogP contribution in [0.2, 0.25) is 0 Å². The minimum atomic E-state index is -3.73. The van der Waals surface area contributed by atoms with Gasteiger partial charge >= 0.3 is 0 Å². The molecule has 0 aromatic carbocycles. The standard InChI is InChI=1S/C12H23N3O3S/c1-8-10(9(2)15(7)13-8)19(17,18)14-11(3,4)12(5,6)16/h14,16H,1-7H3. The van der Waals surface area contributed by atoms with E-state index in [9.17, 15) is 13.5 Å². The Hall–Kier alpha value is -0.920. The Morgan fingerprint density at radius 2 is 1.68 bits per heavy atom. The second kappa shape index (κ2) is 4.57. The van der Waals surface area contributed by atoms with Crippen LogP contribution in [0.5, 0.6) is 0 Å². The van der Waals surface area contributed by atoms with Gasteiger partial charge < -0.3 is 5.11 Å². The Balaban J connectivity index is 3.28. The second-order valence-corrected chi connectivity index (χ2v) is 7.53. The Bertz CT molecular complexity index is 580. The normalized spacial score (nSPS) is 13.9. The third-order valence-electron chi connectivity index (χ3n) is 3.63. The molecule has 0 saturated heterocycles. The fraction of sp³-hybridized carbons (Fsp3) is 0.750. The summed E-state index contributed by atoms with van der Waals surface area (Å²) in [5, 5.41) is 14.2. The first-order chi connectivity index (χ1) is 8.29. The molecule has 0 radical (unpaired) electrons. The van der Waals surface area contributed by atoms with Gasteiger partial charge in [-0.25, -0.2) is 13.1 Å². The number of aryl methyl sites for hydroxylation is 2. The Kier molecular flexibility index (Phi) is 3.88. The predicted octanol–water partition coefficient (Wildman–Crippen LogP) is 0.865. The van der Waals surface area contributed by atoms with E-state index in [1.807, 2.05) is 0 Å². The molecule has 1 aromatic heterocycles. The van der Waals surface area contributed by atoms with Crippen molar-refractivity contribution in [2.45, 2.75) is 57.6 Å². The van der Waals surface area contributed by atoms with E-state index in [1.54, 1.807) is 48.6 Å². The van der Waals surface area contributed by atoms with Gasteiger partial charge in [0.05, 0.1) is 22.5 Å². The molecule has 0 bridgehead atoms. The first kappa shape index (κ1) is 16.1. The number of hydrogen-bond donors (Lipinski definition) is 2. The van der Waals surface area contributed by atoms with Crippen molar-refractivity contribution >= 4 is 10.0 Å². The number of aromatic nitrogens is 2. The molecule has 6 nitrogen and oxygen atoms in total. The van der Waals surface area contributed by atoms with Crippen molar-refractivity contribution in [3.8, 4) is 0 Å². The third kappa shape index (κ3) is 2.98. The van der Waals surface area contributed by atoms with Crippen molar-refractivity contribution in [3.63, 3.8) is 0 Å². The Morgan fingerprint density at radius 3 is 2.00 bits per heavy atom. The van der Waals surface area contributed by atoms with Crippen LogP contribution >= 0.6 is 0 Å². The van der Waals surface area contributed by atoms with Gasteiger partial charge in [-0.3, -0.25) is 4.68 Å². The predicted molar refractivity (Wildman–Crippen MR) is 73.4 cm³/mol. The summed E-state index contributed by atoms with van der Waals surface area (Å²) >= 11 is 0. The highest BCUT2D eigenvalue weighted by Crippen LogP contribution is 2.25. The lowest BCUT2D eigenvalue weighted by Gasteiger charge is -2.37. The molecule has 0 unspecified atom stereocenters. The molecular formula is C12H23N3O3S. The van der Waals surface area contributed by atoms with Crippen LogP contribution in [0.3, 0.4) is 0 Å². The van der Waals surface area contributed by atoms with Gasteiger partial charge in [0.2, 0.25) is 10.0 Å². The summed E-state index contributed by atoms with van der Waals surface area (Å²) < 4.78 is 29.0. The number of aliphatic hydroxyl groups is 1. The molecule has 19 heavy (non-hydrogen) atoms. The number of hydrogen-bond acceptors (Lipinski definition) is 4. The quantitative estimate of drug-likeness (QED) is 0.861. The number of nitrogens with zero attached hydrogens (tertiary/aromatic N) is 2. The lowest BCUT2D eigenvalue weighted by Crippen LogP contribution is -2.57. The summed E-state index contributed by atoms with van der Waals surface area (Å²) in [6.07, 6.45) is 0. The van der Waals surface area contributed by atoms with Gasteiger partial charge in [-0.2, -0.15) is 5.10 Å². The summed E-state index contributed by atoms with van der Waals surface area (Å²) in [6, 6.07) is 0. The molecule has 0 aliphatic rings. The molecule has 0 fully saturated rings. The highest BCUT2D eigenvalue weighted by molar-refractivity contribution is 7.89. The van der Waals surface area contributed by atoms with Crippen LogP contribution < -0.4 is 4.72 Å². The summed E-state index contributed by atoms with van der Waals surface area (Å²) in [7, 11) is -2.04. The maximum atomic E-state index is 12.5. The van der Waals surface area contributed by atoms with E-state index in [0.29, 0.717) is 11.4 Å². The molecule has 0 aliphatic carbocycles. The molecule has 0 saturated carbocycles. The van der Waals surface area contributed by atoms with Crippen molar-refractivity contribution in [2.24, 2.45) is 7.05 Å². The summed E-state index contributed by atoms with van der Waals surface area (Å²) in [5.41, 5.74) is -1.18. The van der Waals surface area contributed by atoms with E-state index in [4.69, 9.17) is 0 Å². The van der Waals surface area contributed by atoms with Gasteiger partial charge in [0.1, 0.15) is 4.90 Å². The maximum Gasteiger partial charge on any atom is 0.244 e. The highest BCUT2D eigenvalue weighted by atomic mass is 32.2. The van der Waals surface area contributed by atoms with Crippen LogP contribution in [0.15, 0.2) is 4.90 Å². The van der Waals surface area contributed by atoms with Gasteiger partial charge in [0.25, 0.3) is 0 Å². The van der Waals surface area contributed by atoms with Crippen LogP contribution in [0.1, 0.15) is 39.1 Å². The topological polar surface area (TPSA) is 84.2 Å². The van der Waals surface area contributed by atoms with Crippen LogP contribution in [0.25, 0.3) is 0 Å². The van der Waals surface area contributed by atoms with Gasteiger partial charge in [0.15, 0.2) is 0 Å². The average Bonchev–Trinajstić information content (AvgIpc) is 2.36. The monoisotopic (exact) mass is 289 g/mol. The van der Waals surface area contributed by atoms with E-state index in [2.05, 4.69) is 9.82 Å². The van der Waals surface area contributed by atoms with E-state index in [-0.39, 0.29) is 4.90 Å². The zero-order valence-electron chi connectivity index (χ0n) is 12.6. The lowest BCUT2D eigenvalue weighted by molar-refractivity contribution is 0.00637. The smallest absolute Gasteiger partial charge is 0.244 e. The third-order valence-corrected chi connectivity index (χ3v) is 5.54. The second-order valence-electron chi connectivity index (χ2n) is 5.91. The molecule has 7 heteroatoms. The Labute approximate surface area is 114 Å². The lowest BCUT2D eigenvalue weighted by atomic mass is 9.87. The van der Waals surface area contributed by atoms with Gasteiger partial charge in [-0.05, 0) is 41.5 Å². The fourth-order valence-electron chi connectivity index (χ4n) is 1.65. The molecule has 0 amide bonds. The van der Waals surface area contributed by atoms with Crippen LogP contribution in [-0.4, -0.2) is 34.4 Å². The molecule has 0 aliphatic heterocycles. The SMILES string of the molecule is Cc1nn(C)c(C)c1S(=O)(=O)NC(C)(C)C(C)(C)O. The minimum absolute atomic E-state index is 0.173. The van der Waals surface area contributed by atoms with Crippen molar-refractivity contribution in [1.29, 1.82) is 0 Å². The van der Waals surface area contributed by atoms with Crippen molar-refractivity contribution in [2.75, 3.05) is 0 Å². The number of sulfonamides is 1. The first-order valence-electron chi connectivity index (χ1n) is 6.06. The largest absolute Gasteiger partial charge is 0.389 e. The van der Waals surface area contributed by atoms with Gasteiger partial charge in [0, 0.05) is 7.05 Å². The van der Waals surface area contributed by atoms with E-state index in [1.165, 1.54) is 4.68 Å². The zero-order chi connectivity index (χ0) is 15.2. The molecule has 0 atom stereocenters.